The van der Waals surface area contributed by atoms with E-state index in [2.05, 4.69) is 15.7 Å². The number of hydrogen-bond acceptors (Lipinski definition) is 2. The lowest BCUT2D eigenvalue weighted by molar-refractivity contribution is 0.244. The molecule has 2 amide bonds. The Labute approximate surface area is 141 Å². The number of amides is 2. The number of benzene rings is 1. The number of fused-ring (bicyclic) bond motifs is 1. The third-order valence-electron chi connectivity index (χ3n) is 4.11. The molecule has 1 aliphatic rings. The molecule has 124 valence electrons. The van der Waals surface area contributed by atoms with Gasteiger partial charge < -0.3 is 10.6 Å². The number of nitrogens with zero attached hydrogens (tertiary/aromatic N) is 2. The van der Waals surface area contributed by atoms with Crippen LogP contribution < -0.4 is 10.6 Å². The molecule has 2 aromatic rings. The number of rotatable bonds is 3. The van der Waals surface area contributed by atoms with Gasteiger partial charge in [0.15, 0.2) is 5.15 Å². The van der Waals surface area contributed by atoms with E-state index in [1.165, 1.54) is 19.3 Å². The van der Waals surface area contributed by atoms with Crippen molar-refractivity contribution in [2.45, 2.75) is 52.1 Å². The minimum atomic E-state index is -0.278. The summed E-state index contributed by atoms with van der Waals surface area (Å²) in [6, 6.07) is 5.51. The van der Waals surface area contributed by atoms with Crippen molar-refractivity contribution in [3.8, 4) is 0 Å². The molecule has 6 heteroatoms. The van der Waals surface area contributed by atoms with Crippen LogP contribution in [0.25, 0.3) is 10.9 Å². The molecule has 1 aromatic carbocycles. The molecule has 1 saturated carbocycles. The van der Waals surface area contributed by atoms with Gasteiger partial charge in [-0.1, -0.05) is 18.0 Å². The van der Waals surface area contributed by atoms with Crippen LogP contribution in [-0.4, -0.2) is 21.4 Å². The first-order valence-corrected chi connectivity index (χ1v) is 8.45. The molecule has 0 unspecified atom stereocenters. The van der Waals surface area contributed by atoms with Gasteiger partial charge in [-0.15, -0.1) is 0 Å². The summed E-state index contributed by atoms with van der Waals surface area (Å²) >= 11 is 6.28. The number of aromatic nitrogens is 2. The van der Waals surface area contributed by atoms with Crippen molar-refractivity contribution in [2.75, 3.05) is 5.32 Å². The van der Waals surface area contributed by atoms with Crippen LogP contribution in [0.4, 0.5) is 10.5 Å². The maximum Gasteiger partial charge on any atom is 0.319 e. The summed E-state index contributed by atoms with van der Waals surface area (Å²) in [7, 11) is 0. The number of halogens is 1. The van der Waals surface area contributed by atoms with E-state index in [1.54, 1.807) is 0 Å². The average molecular weight is 335 g/mol. The summed E-state index contributed by atoms with van der Waals surface area (Å²) in [5.41, 5.74) is 1.45. The molecule has 1 fully saturated rings. The summed E-state index contributed by atoms with van der Waals surface area (Å²) in [6.45, 7) is 6.74. The van der Waals surface area contributed by atoms with Crippen molar-refractivity contribution in [1.29, 1.82) is 0 Å². The predicted octanol–water partition coefficient (Wildman–Crippen LogP) is 4.41. The summed E-state index contributed by atoms with van der Waals surface area (Å²) in [4.78, 5) is 12.0. The Kier molecular flexibility index (Phi) is 4.23. The smallest absolute Gasteiger partial charge is 0.319 e. The van der Waals surface area contributed by atoms with Gasteiger partial charge in [-0.05, 0) is 57.7 Å². The van der Waals surface area contributed by atoms with E-state index in [-0.39, 0.29) is 11.6 Å². The van der Waals surface area contributed by atoms with E-state index < -0.39 is 0 Å². The normalized spacial score (nSPS) is 15.5. The molecule has 0 aliphatic heterocycles. The molecule has 0 radical (unpaired) electrons. The van der Waals surface area contributed by atoms with Crippen molar-refractivity contribution in [3.63, 3.8) is 0 Å². The minimum absolute atomic E-state index is 0.227. The third kappa shape index (κ3) is 3.78. The lowest BCUT2D eigenvalue weighted by atomic mass is 9.85. The monoisotopic (exact) mass is 334 g/mol. The molecule has 23 heavy (non-hydrogen) atoms. The SMILES string of the molecule is CC(C)(C)NC(=O)Nc1ccc2c(c1)c(Cl)nn2CC1CCC1. The van der Waals surface area contributed by atoms with E-state index >= 15 is 0 Å². The van der Waals surface area contributed by atoms with Gasteiger partial charge in [0.1, 0.15) is 0 Å². The fraction of sp³-hybridized carbons (Fsp3) is 0.529. The molecule has 5 nitrogen and oxygen atoms in total. The number of urea groups is 1. The zero-order valence-corrected chi connectivity index (χ0v) is 14.6. The first kappa shape index (κ1) is 16.1. The molecule has 0 bridgehead atoms. The largest absolute Gasteiger partial charge is 0.333 e. The molecule has 1 heterocycles. The first-order valence-electron chi connectivity index (χ1n) is 8.07. The number of anilines is 1. The Hall–Kier alpha value is -1.75. The van der Waals surface area contributed by atoms with Crippen molar-refractivity contribution < 1.29 is 4.79 Å². The van der Waals surface area contributed by atoms with Crippen molar-refractivity contribution >= 4 is 34.2 Å². The maximum absolute atomic E-state index is 12.0. The molecular weight excluding hydrogens is 312 g/mol. The summed E-state index contributed by atoms with van der Waals surface area (Å²) in [5.74, 6) is 0.713. The van der Waals surface area contributed by atoms with Crippen LogP contribution in [0.1, 0.15) is 40.0 Å². The molecular formula is C17H23ClN4O. The van der Waals surface area contributed by atoms with Crippen molar-refractivity contribution in [1.82, 2.24) is 15.1 Å². The van der Waals surface area contributed by atoms with Crippen LogP contribution in [-0.2, 0) is 6.54 Å². The molecule has 2 N–H and O–H groups in total. The second-order valence-corrected chi connectivity index (χ2v) is 7.69. The Bertz CT molecular complexity index is 728. The molecule has 0 saturated heterocycles. The topological polar surface area (TPSA) is 59.0 Å². The predicted molar refractivity (Wildman–Crippen MR) is 94.0 cm³/mol. The zero-order valence-electron chi connectivity index (χ0n) is 13.8. The number of hydrogen-bond donors (Lipinski definition) is 2. The second-order valence-electron chi connectivity index (χ2n) is 7.33. The first-order chi connectivity index (χ1) is 10.8. The molecule has 3 rings (SSSR count). The van der Waals surface area contributed by atoms with E-state index in [9.17, 15) is 4.79 Å². The van der Waals surface area contributed by atoms with E-state index in [4.69, 9.17) is 11.6 Å². The summed E-state index contributed by atoms with van der Waals surface area (Å²) in [5, 5.41) is 11.5. The van der Waals surface area contributed by atoms with Gasteiger partial charge in [0.05, 0.1) is 5.52 Å². The molecule has 0 spiro atoms. The van der Waals surface area contributed by atoms with Gasteiger partial charge in [0.2, 0.25) is 0 Å². The molecule has 0 atom stereocenters. The molecule has 1 aliphatic carbocycles. The standard InChI is InChI=1S/C17H23ClN4O/c1-17(2,3)20-16(23)19-12-7-8-14-13(9-12)15(18)21-22(14)10-11-5-4-6-11/h7-9,11H,4-6,10H2,1-3H3,(H2,19,20,23). The highest BCUT2D eigenvalue weighted by Gasteiger charge is 2.20. The minimum Gasteiger partial charge on any atom is -0.333 e. The van der Waals surface area contributed by atoms with Crippen LogP contribution in [0.5, 0.6) is 0 Å². The fourth-order valence-corrected chi connectivity index (χ4v) is 3.02. The van der Waals surface area contributed by atoms with Crippen LogP contribution >= 0.6 is 11.6 Å². The lowest BCUT2D eigenvalue weighted by Crippen LogP contribution is -2.43. The number of carbonyl (C=O) groups is 1. The van der Waals surface area contributed by atoms with E-state index in [0.29, 0.717) is 16.8 Å². The third-order valence-corrected chi connectivity index (χ3v) is 4.39. The molecule has 1 aromatic heterocycles. The quantitative estimate of drug-likeness (QED) is 0.873. The van der Waals surface area contributed by atoms with Gasteiger partial charge in [0.25, 0.3) is 0 Å². The van der Waals surface area contributed by atoms with Crippen molar-refractivity contribution in [3.05, 3.63) is 23.4 Å². The van der Waals surface area contributed by atoms with Crippen LogP contribution in [0.2, 0.25) is 5.15 Å². The van der Waals surface area contributed by atoms with Gasteiger partial charge in [-0.2, -0.15) is 5.10 Å². The average Bonchev–Trinajstić information content (AvgIpc) is 2.68. The Morgan fingerprint density at radius 3 is 2.74 bits per heavy atom. The zero-order chi connectivity index (χ0) is 16.6. The Balaban J connectivity index is 1.79. The lowest BCUT2D eigenvalue weighted by Gasteiger charge is -2.25. The van der Waals surface area contributed by atoms with Gasteiger partial charge >= 0.3 is 6.03 Å². The maximum atomic E-state index is 12.0. The highest BCUT2D eigenvalue weighted by atomic mass is 35.5. The highest BCUT2D eigenvalue weighted by molar-refractivity contribution is 6.34. The number of nitrogens with one attached hydrogen (secondary N) is 2. The van der Waals surface area contributed by atoms with Gasteiger partial charge in [0, 0.05) is 23.2 Å². The summed E-state index contributed by atoms with van der Waals surface area (Å²) < 4.78 is 1.99. The van der Waals surface area contributed by atoms with Gasteiger partial charge in [-0.3, -0.25) is 4.68 Å². The fourth-order valence-electron chi connectivity index (χ4n) is 2.78. The highest BCUT2D eigenvalue weighted by Crippen LogP contribution is 2.31. The van der Waals surface area contributed by atoms with Crippen molar-refractivity contribution in [2.24, 2.45) is 5.92 Å². The van der Waals surface area contributed by atoms with Gasteiger partial charge in [-0.25, -0.2) is 4.79 Å². The van der Waals surface area contributed by atoms with E-state index in [0.717, 1.165) is 17.4 Å². The van der Waals surface area contributed by atoms with E-state index in [1.807, 2.05) is 43.7 Å². The number of carbonyl (C=O) groups excluding carboxylic acids is 1. The second kappa shape index (κ2) is 6.04. The summed E-state index contributed by atoms with van der Waals surface area (Å²) in [6.07, 6.45) is 3.85. The Morgan fingerprint density at radius 1 is 1.39 bits per heavy atom. The van der Waals surface area contributed by atoms with Crippen LogP contribution in [0.15, 0.2) is 18.2 Å². The van der Waals surface area contributed by atoms with Crippen LogP contribution in [0, 0.1) is 5.92 Å². The van der Waals surface area contributed by atoms with Crippen LogP contribution in [0.3, 0.4) is 0 Å². The Morgan fingerprint density at radius 2 is 2.13 bits per heavy atom.